The van der Waals surface area contributed by atoms with Crippen LogP contribution < -0.4 is 5.32 Å². The number of nitrogens with zero attached hydrogens (tertiary/aromatic N) is 1. The number of ether oxygens (including phenoxy) is 1. The molecule has 1 heterocycles. The number of hydrogen-bond acceptors (Lipinski definition) is 7. The molecule has 5 nitrogen and oxygen atoms in total. The number of carbonyl (C=O) groups excluding carboxylic acids is 2. The van der Waals surface area contributed by atoms with Crippen LogP contribution in [0.2, 0.25) is 0 Å². The van der Waals surface area contributed by atoms with E-state index in [1.807, 2.05) is 11.8 Å². The van der Waals surface area contributed by atoms with Crippen molar-refractivity contribution < 1.29 is 14.3 Å². The van der Waals surface area contributed by atoms with Crippen molar-refractivity contribution in [3.63, 3.8) is 0 Å². The van der Waals surface area contributed by atoms with Gasteiger partial charge in [0.05, 0.1) is 7.11 Å². The van der Waals surface area contributed by atoms with Crippen LogP contribution in [0.4, 0.5) is 5.13 Å². The van der Waals surface area contributed by atoms with Gasteiger partial charge in [0, 0.05) is 13.0 Å². The lowest BCUT2D eigenvalue weighted by Crippen LogP contribution is -2.16. The summed E-state index contributed by atoms with van der Waals surface area (Å²) in [5.41, 5.74) is 0.0997. The lowest BCUT2D eigenvalue weighted by Gasteiger charge is -2.11. The number of methoxy groups -OCH3 is 1. The Balaban J connectivity index is 2.76. The van der Waals surface area contributed by atoms with Crippen LogP contribution >= 0.6 is 23.1 Å². The number of hydrogen-bond donors (Lipinski definition) is 1. The van der Waals surface area contributed by atoms with Crippen LogP contribution in [0.5, 0.6) is 0 Å². The Morgan fingerprint density at radius 2 is 2.20 bits per heavy atom. The zero-order chi connectivity index (χ0) is 15.1. The van der Waals surface area contributed by atoms with Gasteiger partial charge in [-0.15, -0.1) is 0 Å². The SMILES string of the molecule is CCSCCC(C)Nc1nc(C(=O)OC)c(C(C)=O)s1. The van der Waals surface area contributed by atoms with Crippen LogP contribution in [0.25, 0.3) is 0 Å². The monoisotopic (exact) mass is 316 g/mol. The molecule has 1 rings (SSSR count). The van der Waals surface area contributed by atoms with E-state index in [0.29, 0.717) is 10.0 Å². The lowest BCUT2D eigenvalue weighted by atomic mass is 10.3. The normalized spacial score (nSPS) is 12.0. The van der Waals surface area contributed by atoms with Gasteiger partial charge in [0.25, 0.3) is 0 Å². The first-order chi connectivity index (χ1) is 9.49. The maximum atomic E-state index is 11.6. The fraction of sp³-hybridized carbons (Fsp3) is 0.615. The fourth-order valence-electron chi connectivity index (χ4n) is 1.54. The summed E-state index contributed by atoms with van der Waals surface area (Å²) in [6, 6.07) is 0.241. The van der Waals surface area contributed by atoms with Crippen LogP contribution in [0, 0.1) is 0 Å². The molecule has 0 bridgehead atoms. The molecule has 0 aromatic carbocycles. The first kappa shape index (κ1) is 17.0. The van der Waals surface area contributed by atoms with Crippen LogP contribution in [0.1, 0.15) is 47.4 Å². The third-order valence-corrected chi connectivity index (χ3v) is 4.61. The van der Waals surface area contributed by atoms with Crippen molar-refractivity contribution in [2.75, 3.05) is 23.9 Å². The van der Waals surface area contributed by atoms with E-state index in [-0.39, 0.29) is 17.5 Å². The van der Waals surface area contributed by atoms with Crippen molar-refractivity contribution in [1.82, 2.24) is 4.98 Å². The summed E-state index contributed by atoms with van der Waals surface area (Å²) < 4.78 is 4.65. The molecule has 1 N–H and O–H groups in total. The van der Waals surface area contributed by atoms with Gasteiger partial charge < -0.3 is 10.1 Å². The Morgan fingerprint density at radius 1 is 1.50 bits per heavy atom. The van der Waals surface area contributed by atoms with Crippen LogP contribution in [-0.2, 0) is 4.74 Å². The van der Waals surface area contributed by atoms with Gasteiger partial charge in [-0.25, -0.2) is 9.78 Å². The van der Waals surface area contributed by atoms with E-state index in [2.05, 4.69) is 28.9 Å². The fourth-order valence-corrected chi connectivity index (χ4v) is 3.31. The van der Waals surface area contributed by atoms with Gasteiger partial charge in [0.2, 0.25) is 0 Å². The Bertz CT molecular complexity index is 474. The van der Waals surface area contributed by atoms with Crippen molar-refractivity contribution in [2.24, 2.45) is 0 Å². The van der Waals surface area contributed by atoms with E-state index >= 15 is 0 Å². The maximum absolute atomic E-state index is 11.6. The van der Waals surface area contributed by atoms with Gasteiger partial charge in [-0.3, -0.25) is 4.79 Å². The van der Waals surface area contributed by atoms with Gasteiger partial charge in [0.1, 0.15) is 4.88 Å². The molecule has 7 heteroatoms. The summed E-state index contributed by atoms with van der Waals surface area (Å²) in [5, 5.41) is 3.82. The van der Waals surface area contributed by atoms with Crippen molar-refractivity contribution in [2.45, 2.75) is 33.2 Å². The minimum atomic E-state index is -0.575. The minimum Gasteiger partial charge on any atom is -0.464 e. The minimum absolute atomic E-state index is 0.0997. The molecule has 0 aliphatic carbocycles. The largest absolute Gasteiger partial charge is 0.464 e. The van der Waals surface area contributed by atoms with Crippen LogP contribution in [0.3, 0.4) is 0 Å². The Labute approximate surface area is 127 Å². The Kier molecular flexibility index (Phi) is 7.01. The highest BCUT2D eigenvalue weighted by atomic mass is 32.2. The molecule has 0 saturated heterocycles. The van der Waals surface area contributed by atoms with Crippen molar-refractivity contribution in [1.29, 1.82) is 0 Å². The summed E-state index contributed by atoms with van der Waals surface area (Å²) in [7, 11) is 1.28. The second-order valence-electron chi connectivity index (χ2n) is 4.28. The molecule has 0 spiro atoms. The van der Waals surface area contributed by atoms with Crippen LogP contribution in [-0.4, -0.2) is 41.4 Å². The number of rotatable bonds is 8. The number of Topliss-reactive ketones (excluding diaryl/α,β-unsaturated/α-hetero) is 1. The number of esters is 1. The molecule has 112 valence electrons. The number of thiazole rings is 1. The Hall–Kier alpha value is -1.08. The summed E-state index contributed by atoms with van der Waals surface area (Å²) in [6.07, 6.45) is 1.00. The topological polar surface area (TPSA) is 68.3 Å². The highest BCUT2D eigenvalue weighted by molar-refractivity contribution is 7.99. The third-order valence-electron chi connectivity index (χ3n) is 2.59. The van der Waals surface area contributed by atoms with E-state index in [1.165, 1.54) is 25.4 Å². The van der Waals surface area contributed by atoms with E-state index in [9.17, 15) is 9.59 Å². The molecule has 1 aromatic rings. The third kappa shape index (κ3) is 4.79. The zero-order valence-corrected chi connectivity index (χ0v) is 13.8. The average molecular weight is 316 g/mol. The molecule has 0 amide bonds. The van der Waals surface area contributed by atoms with E-state index in [1.54, 1.807) is 0 Å². The molecular formula is C13H20N2O3S2. The number of nitrogens with one attached hydrogen (secondary N) is 1. The quantitative estimate of drug-likeness (QED) is 0.451. The molecule has 0 saturated carbocycles. The molecular weight excluding hydrogens is 296 g/mol. The zero-order valence-electron chi connectivity index (χ0n) is 12.2. The smallest absolute Gasteiger partial charge is 0.358 e. The highest BCUT2D eigenvalue weighted by Gasteiger charge is 2.22. The highest BCUT2D eigenvalue weighted by Crippen LogP contribution is 2.25. The first-order valence-corrected chi connectivity index (χ1v) is 8.41. The number of ketones is 1. The maximum Gasteiger partial charge on any atom is 0.358 e. The molecule has 0 aliphatic rings. The molecule has 1 unspecified atom stereocenters. The van der Waals surface area contributed by atoms with Gasteiger partial charge in [-0.1, -0.05) is 18.3 Å². The first-order valence-electron chi connectivity index (χ1n) is 6.43. The van der Waals surface area contributed by atoms with E-state index in [0.717, 1.165) is 17.9 Å². The standard InChI is InChI=1S/C13H20N2O3S2/c1-5-19-7-6-8(2)14-13-15-10(12(17)18-4)11(20-13)9(3)16/h8H,5-7H2,1-4H3,(H,14,15). The predicted octanol–water partition coefficient (Wildman–Crippen LogP) is 3.08. The molecule has 1 atom stereocenters. The molecule has 1 aromatic heterocycles. The number of anilines is 1. The van der Waals surface area contributed by atoms with Gasteiger partial charge >= 0.3 is 5.97 Å². The number of aromatic nitrogens is 1. The van der Waals surface area contributed by atoms with E-state index < -0.39 is 5.97 Å². The molecule has 0 radical (unpaired) electrons. The predicted molar refractivity (Wildman–Crippen MR) is 84.2 cm³/mol. The Morgan fingerprint density at radius 3 is 2.75 bits per heavy atom. The molecule has 0 fully saturated rings. The summed E-state index contributed by atoms with van der Waals surface area (Å²) in [6.45, 7) is 5.61. The lowest BCUT2D eigenvalue weighted by molar-refractivity contribution is 0.0591. The average Bonchev–Trinajstić information content (AvgIpc) is 2.82. The van der Waals surface area contributed by atoms with Crippen LogP contribution in [0.15, 0.2) is 0 Å². The summed E-state index contributed by atoms with van der Waals surface area (Å²) in [4.78, 5) is 27.6. The van der Waals surface area contributed by atoms with Crippen molar-refractivity contribution >= 4 is 40.0 Å². The second-order valence-corrected chi connectivity index (χ2v) is 6.67. The van der Waals surface area contributed by atoms with Crippen molar-refractivity contribution in [3.05, 3.63) is 10.6 Å². The summed E-state index contributed by atoms with van der Waals surface area (Å²) in [5.74, 6) is 1.42. The number of carbonyl (C=O) groups is 2. The molecule has 0 aliphatic heterocycles. The van der Waals surface area contributed by atoms with Crippen molar-refractivity contribution in [3.8, 4) is 0 Å². The number of thioether (sulfide) groups is 1. The van der Waals surface area contributed by atoms with Gasteiger partial charge in [-0.2, -0.15) is 11.8 Å². The second kappa shape index (κ2) is 8.26. The molecule has 20 heavy (non-hydrogen) atoms. The van der Waals surface area contributed by atoms with Gasteiger partial charge in [-0.05, 0) is 24.9 Å². The van der Waals surface area contributed by atoms with E-state index in [4.69, 9.17) is 0 Å². The summed E-state index contributed by atoms with van der Waals surface area (Å²) >= 11 is 3.08. The van der Waals surface area contributed by atoms with Gasteiger partial charge in [0.15, 0.2) is 16.6 Å².